The van der Waals surface area contributed by atoms with E-state index in [0.29, 0.717) is 0 Å². The second-order valence-corrected chi connectivity index (χ2v) is 6.57. The van der Waals surface area contributed by atoms with Gasteiger partial charge in [0.05, 0.1) is 16.6 Å². The maximum Gasteiger partial charge on any atom is 0.416 e. The molecule has 4 nitrogen and oxygen atoms in total. The molecule has 0 bridgehead atoms. The quantitative estimate of drug-likeness (QED) is 0.876. The monoisotopic (exact) mass is 345 g/mol. The number of nitrogens with one attached hydrogen (secondary N) is 1. The summed E-state index contributed by atoms with van der Waals surface area (Å²) in [6.07, 6.45) is -5.92. The van der Waals surface area contributed by atoms with Gasteiger partial charge in [-0.2, -0.15) is 13.2 Å². The predicted octanol–water partition coefficient (Wildman–Crippen LogP) is 2.72. The van der Waals surface area contributed by atoms with Crippen LogP contribution in [0, 0.1) is 0 Å². The number of hydrogen-bond donors (Lipinski definition) is 2. The molecule has 0 aliphatic rings. The highest BCUT2D eigenvalue weighted by molar-refractivity contribution is 7.89. The summed E-state index contributed by atoms with van der Waals surface area (Å²) < 4.78 is 64.1. The number of sulfonamides is 1. The van der Waals surface area contributed by atoms with Crippen LogP contribution in [0.25, 0.3) is 0 Å². The zero-order valence-electron chi connectivity index (χ0n) is 11.8. The molecule has 0 amide bonds. The molecule has 1 atom stereocenters. The molecule has 0 aliphatic heterocycles. The van der Waals surface area contributed by atoms with Crippen molar-refractivity contribution in [3.05, 3.63) is 65.7 Å². The van der Waals surface area contributed by atoms with Crippen molar-refractivity contribution in [1.82, 2.24) is 4.72 Å². The van der Waals surface area contributed by atoms with Gasteiger partial charge in [0.2, 0.25) is 10.0 Å². The third kappa shape index (κ3) is 4.54. The number of hydrogen-bond acceptors (Lipinski definition) is 3. The molecule has 23 heavy (non-hydrogen) atoms. The average Bonchev–Trinajstić information content (AvgIpc) is 2.53. The Morgan fingerprint density at radius 2 is 1.70 bits per heavy atom. The highest BCUT2D eigenvalue weighted by atomic mass is 32.2. The largest absolute Gasteiger partial charge is 0.416 e. The lowest BCUT2D eigenvalue weighted by Gasteiger charge is -2.14. The molecular weight excluding hydrogens is 331 g/mol. The molecule has 124 valence electrons. The summed E-state index contributed by atoms with van der Waals surface area (Å²) in [6.45, 7) is -0.432. The Morgan fingerprint density at radius 3 is 2.30 bits per heavy atom. The Kier molecular flexibility index (Phi) is 5.08. The summed E-state index contributed by atoms with van der Waals surface area (Å²) in [5.74, 6) is 0. The van der Waals surface area contributed by atoms with Crippen LogP contribution in [0.15, 0.2) is 59.5 Å². The van der Waals surface area contributed by atoms with E-state index < -0.39 is 34.4 Å². The number of benzene rings is 2. The Labute approximate surface area is 131 Å². The lowest BCUT2D eigenvalue weighted by Crippen LogP contribution is -2.28. The molecule has 0 heterocycles. The Hall–Kier alpha value is -1.90. The van der Waals surface area contributed by atoms with E-state index in [1.807, 2.05) is 0 Å². The van der Waals surface area contributed by atoms with Gasteiger partial charge >= 0.3 is 6.18 Å². The SMILES string of the molecule is O=S(=O)(NC[C@@H](O)c1cccc(C(F)(F)F)c1)c1ccccc1. The molecule has 2 aromatic carbocycles. The molecule has 8 heteroatoms. The fraction of sp³-hybridized carbons (Fsp3) is 0.200. The average molecular weight is 345 g/mol. The molecule has 2 rings (SSSR count). The van der Waals surface area contributed by atoms with Crippen molar-refractivity contribution in [1.29, 1.82) is 0 Å². The molecule has 0 aromatic heterocycles. The van der Waals surface area contributed by atoms with Gasteiger partial charge in [-0.1, -0.05) is 30.3 Å². The Morgan fingerprint density at radius 1 is 1.04 bits per heavy atom. The summed E-state index contributed by atoms with van der Waals surface area (Å²) in [4.78, 5) is 0.0104. The number of aliphatic hydroxyl groups is 1. The van der Waals surface area contributed by atoms with Crippen molar-refractivity contribution in [3.8, 4) is 0 Å². The second-order valence-electron chi connectivity index (χ2n) is 4.80. The third-order valence-electron chi connectivity index (χ3n) is 3.12. The van der Waals surface area contributed by atoms with Gasteiger partial charge < -0.3 is 5.11 Å². The molecule has 0 unspecified atom stereocenters. The van der Waals surface area contributed by atoms with Crippen molar-refractivity contribution in [2.24, 2.45) is 0 Å². The molecule has 0 fully saturated rings. The van der Waals surface area contributed by atoms with Crippen LogP contribution < -0.4 is 4.72 Å². The van der Waals surface area contributed by atoms with Crippen LogP contribution in [-0.2, 0) is 16.2 Å². The van der Waals surface area contributed by atoms with E-state index >= 15 is 0 Å². The zero-order valence-corrected chi connectivity index (χ0v) is 12.6. The maximum atomic E-state index is 12.6. The standard InChI is InChI=1S/C15H14F3NO3S/c16-15(17,18)12-6-4-5-11(9-12)14(20)10-19-23(21,22)13-7-2-1-3-8-13/h1-9,14,19-20H,10H2/t14-/m1/s1. The zero-order chi connectivity index (χ0) is 17.1. The first-order chi connectivity index (χ1) is 10.7. The van der Waals surface area contributed by atoms with Crippen LogP contribution in [0.5, 0.6) is 0 Å². The van der Waals surface area contributed by atoms with Crippen LogP contribution in [-0.4, -0.2) is 20.1 Å². The van der Waals surface area contributed by atoms with Crippen LogP contribution in [0.4, 0.5) is 13.2 Å². The number of alkyl halides is 3. The van der Waals surface area contributed by atoms with E-state index in [1.54, 1.807) is 6.07 Å². The first-order valence-electron chi connectivity index (χ1n) is 6.60. The fourth-order valence-corrected chi connectivity index (χ4v) is 2.97. The van der Waals surface area contributed by atoms with Gasteiger partial charge in [-0.25, -0.2) is 13.1 Å². The normalized spacial score (nSPS) is 13.7. The van der Waals surface area contributed by atoms with E-state index in [2.05, 4.69) is 4.72 Å². The van der Waals surface area contributed by atoms with Crippen LogP contribution in [0.1, 0.15) is 17.2 Å². The molecule has 0 saturated carbocycles. The first-order valence-corrected chi connectivity index (χ1v) is 8.08. The smallest absolute Gasteiger partial charge is 0.387 e. The highest BCUT2D eigenvalue weighted by Gasteiger charge is 2.31. The summed E-state index contributed by atoms with van der Waals surface area (Å²) in [7, 11) is -3.83. The van der Waals surface area contributed by atoms with Crippen molar-refractivity contribution in [2.45, 2.75) is 17.2 Å². The Bertz CT molecular complexity index is 761. The molecule has 0 radical (unpaired) electrons. The molecule has 0 aliphatic carbocycles. The lowest BCUT2D eigenvalue weighted by atomic mass is 10.1. The summed E-state index contributed by atoms with van der Waals surface area (Å²) in [5, 5.41) is 9.93. The fourth-order valence-electron chi connectivity index (χ4n) is 1.91. The first kappa shape index (κ1) is 17.5. The van der Waals surface area contributed by atoms with E-state index in [-0.39, 0.29) is 10.5 Å². The van der Waals surface area contributed by atoms with Gasteiger partial charge in [-0.3, -0.25) is 0 Å². The molecule has 0 spiro atoms. The number of aliphatic hydroxyl groups excluding tert-OH is 1. The summed E-state index contributed by atoms with van der Waals surface area (Å²) >= 11 is 0. The van der Waals surface area contributed by atoms with Crippen LogP contribution in [0.2, 0.25) is 0 Å². The van der Waals surface area contributed by atoms with Gasteiger partial charge in [0.15, 0.2) is 0 Å². The van der Waals surface area contributed by atoms with Crippen molar-refractivity contribution < 1.29 is 26.7 Å². The van der Waals surface area contributed by atoms with Crippen molar-refractivity contribution in [3.63, 3.8) is 0 Å². The van der Waals surface area contributed by atoms with Gasteiger partial charge in [0.25, 0.3) is 0 Å². The second kappa shape index (κ2) is 6.69. The van der Waals surface area contributed by atoms with Gasteiger partial charge in [-0.05, 0) is 29.8 Å². The third-order valence-corrected chi connectivity index (χ3v) is 4.56. The minimum atomic E-state index is -4.53. The lowest BCUT2D eigenvalue weighted by molar-refractivity contribution is -0.137. The molecule has 2 N–H and O–H groups in total. The predicted molar refractivity (Wildman–Crippen MR) is 78.0 cm³/mol. The minimum absolute atomic E-state index is 0.0104. The number of rotatable bonds is 5. The maximum absolute atomic E-state index is 12.6. The molecule has 2 aromatic rings. The van der Waals surface area contributed by atoms with Crippen LogP contribution >= 0.6 is 0 Å². The van der Waals surface area contributed by atoms with Crippen molar-refractivity contribution >= 4 is 10.0 Å². The van der Waals surface area contributed by atoms with E-state index in [1.165, 1.54) is 30.3 Å². The molecular formula is C15H14F3NO3S. The van der Waals surface area contributed by atoms with E-state index in [0.717, 1.165) is 18.2 Å². The topological polar surface area (TPSA) is 66.4 Å². The highest BCUT2D eigenvalue weighted by Crippen LogP contribution is 2.30. The van der Waals surface area contributed by atoms with Gasteiger partial charge in [0.1, 0.15) is 0 Å². The van der Waals surface area contributed by atoms with E-state index in [4.69, 9.17) is 0 Å². The summed E-state index contributed by atoms with van der Waals surface area (Å²) in [6, 6.07) is 11.6. The van der Waals surface area contributed by atoms with Crippen LogP contribution in [0.3, 0.4) is 0 Å². The molecule has 0 saturated heterocycles. The minimum Gasteiger partial charge on any atom is -0.387 e. The van der Waals surface area contributed by atoms with Crippen molar-refractivity contribution in [2.75, 3.05) is 6.54 Å². The van der Waals surface area contributed by atoms with E-state index in [9.17, 15) is 26.7 Å². The van der Waals surface area contributed by atoms with Gasteiger partial charge in [0, 0.05) is 6.54 Å². The summed E-state index contributed by atoms with van der Waals surface area (Å²) in [5.41, 5.74) is -0.921. The Balaban J connectivity index is 2.10. The number of halogens is 3. The van der Waals surface area contributed by atoms with Gasteiger partial charge in [-0.15, -0.1) is 0 Å².